The van der Waals surface area contributed by atoms with Gasteiger partial charge in [0.1, 0.15) is 22.6 Å². The molecule has 6 nitrogen and oxygen atoms in total. The first kappa shape index (κ1) is 15.3. The predicted octanol–water partition coefficient (Wildman–Crippen LogP) is 6.26. The van der Waals surface area contributed by atoms with Gasteiger partial charge in [0.25, 0.3) is 11.8 Å². The minimum Gasteiger partial charge on any atom is -0.456 e. The summed E-state index contributed by atoms with van der Waals surface area (Å²) >= 11 is 0. The van der Waals surface area contributed by atoms with Gasteiger partial charge in [-0.3, -0.25) is 0 Å². The molecule has 2 aromatic carbocycles. The maximum Gasteiger partial charge on any atom is 0.263 e. The van der Waals surface area contributed by atoms with Gasteiger partial charge in [0.05, 0.1) is 0 Å². The smallest absolute Gasteiger partial charge is 0.263 e. The fourth-order valence-electron chi connectivity index (χ4n) is 3.49. The van der Waals surface area contributed by atoms with E-state index in [1.165, 1.54) is 0 Å². The molecule has 0 spiro atoms. The lowest BCUT2D eigenvalue weighted by Crippen LogP contribution is -1.76. The molecule has 6 rings (SSSR count). The van der Waals surface area contributed by atoms with Gasteiger partial charge in [-0.25, -0.2) is 9.97 Å². The SMILES string of the molecule is Cc1ccc(-c2nc3ccc4c(ccc5nc(-c6ccc(C)o6)oc54)c3o2)o1. The molecule has 4 aromatic heterocycles. The summed E-state index contributed by atoms with van der Waals surface area (Å²) in [7, 11) is 0. The van der Waals surface area contributed by atoms with Crippen LogP contribution < -0.4 is 0 Å². The van der Waals surface area contributed by atoms with Crippen LogP contribution in [0.3, 0.4) is 0 Å². The summed E-state index contributed by atoms with van der Waals surface area (Å²) in [6, 6.07) is 15.3. The van der Waals surface area contributed by atoms with Crippen LogP contribution in [0.2, 0.25) is 0 Å². The number of aromatic nitrogens is 2. The number of furan rings is 2. The second-order valence-corrected chi connectivity index (χ2v) is 6.78. The summed E-state index contributed by atoms with van der Waals surface area (Å²) in [5.74, 6) is 3.76. The van der Waals surface area contributed by atoms with Gasteiger partial charge < -0.3 is 17.7 Å². The third kappa shape index (κ3) is 2.15. The maximum atomic E-state index is 6.04. The second-order valence-electron chi connectivity index (χ2n) is 6.78. The highest BCUT2D eigenvalue weighted by Gasteiger charge is 2.18. The Labute approximate surface area is 158 Å². The van der Waals surface area contributed by atoms with Crippen molar-refractivity contribution in [2.24, 2.45) is 0 Å². The average Bonchev–Trinajstić information content (AvgIpc) is 3.45. The summed E-state index contributed by atoms with van der Waals surface area (Å²) in [6.45, 7) is 3.78. The summed E-state index contributed by atoms with van der Waals surface area (Å²) in [5, 5.41) is 1.82. The van der Waals surface area contributed by atoms with Crippen molar-refractivity contribution >= 4 is 33.0 Å². The van der Waals surface area contributed by atoms with Crippen molar-refractivity contribution in [1.29, 1.82) is 0 Å². The van der Waals surface area contributed by atoms with E-state index in [0.717, 1.165) is 33.3 Å². The fourth-order valence-corrected chi connectivity index (χ4v) is 3.49. The molecule has 6 aromatic rings. The number of nitrogens with zero attached hydrogens (tertiary/aromatic N) is 2. The first-order valence-corrected chi connectivity index (χ1v) is 8.92. The Morgan fingerprint density at radius 2 is 1.00 bits per heavy atom. The summed E-state index contributed by atoms with van der Waals surface area (Å²) in [5.41, 5.74) is 2.90. The van der Waals surface area contributed by atoms with Gasteiger partial charge in [-0.2, -0.15) is 0 Å². The molecule has 0 fully saturated rings. The Morgan fingerprint density at radius 3 is 1.39 bits per heavy atom. The van der Waals surface area contributed by atoms with Gasteiger partial charge in [-0.1, -0.05) is 0 Å². The van der Waals surface area contributed by atoms with E-state index in [4.69, 9.17) is 17.7 Å². The normalized spacial score (nSPS) is 11.9. The molecule has 6 heteroatoms. The summed E-state index contributed by atoms with van der Waals surface area (Å²) < 4.78 is 23.4. The van der Waals surface area contributed by atoms with E-state index in [2.05, 4.69) is 9.97 Å². The minimum atomic E-state index is 0.458. The van der Waals surface area contributed by atoms with E-state index in [9.17, 15) is 0 Å². The summed E-state index contributed by atoms with van der Waals surface area (Å²) in [6.07, 6.45) is 0. The zero-order chi connectivity index (χ0) is 18.8. The van der Waals surface area contributed by atoms with Crippen molar-refractivity contribution < 1.29 is 17.7 Å². The van der Waals surface area contributed by atoms with E-state index in [1.54, 1.807) is 0 Å². The molecule has 0 aliphatic rings. The highest BCUT2D eigenvalue weighted by atomic mass is 16.4. The van der Waals surface area contributed by atoms with Crippen LogP contribution >= 0.6 is 0 Å². The highest BCUT2D eigenvalue weighted by molar-refractivity contribution is 6.12. The van der Waals surface area contributed by atoms with E-state index < -0.39 is 0 Å². The van der Waals surface area contributed by atoms with Crippen LogP contribution in [0, 0.1) is 13.8 Å². The number of rotatable bonds is 2. The van der Waals surface area contributed by atoms with Gasteiger partial charge in [0.2, 0.25) is 0 Å². The van der Waals surface area contributed by atoms with Gasteiger partial charge in [0, 0.05) is 10.8 Å². The first-order chi connectivity index (χ1) is 13.7. The van der Waals surface area contributed by atoms with E-state index in [0.29, 0.717) is 34.5 Å². The fraction of sp³-hybridized carbons (Fsp3) is 0.0909. The Hall–Kier alpha value is -3.80. The predicted molar refractivity (Wildman–Crippen MR) is 104 cm³/mol. The Balaban J connectivity index is 1.58. The van der Waals surface area contributed by atoms with Crippen molar-refractivity contribution in [3.8, 4) is 23.3 Å². The monoisotopic (exact) mass is 370 g/mol. The Kier molecular flexibility index (Phi) is 2.92. The van der Waals surface area contributed by atoms with Gasteiger partial charge in [-0.15, -0.1) is 0 Å². The molecule has 4 heterocycles. The van der Waals surface area contributed by atoms with Crippen LogP contribution in [0.25, 0.3) is 56.3 Å². The molecule has 0 bridgehead atoms. The number of hydrogen-bond donors (Lipinski definition) is 0. The first-order valence-electron chi connectivity index (χ1n) is 8.92. The molecule has 0 atom stereocenters. The van der Waals surface area contributed by atoms with E-state index >= 15 is 0 Å². The quantitative estimate of drug-likeness (QED) is 0.358. The lowest BCUT2D eigenvalue weighted by Gasteiger charge is -1.97. The van der Waals surface area contributed by atoms with Crippen molar-refractivity contribution in [2.45, 2.75) is 13.8 Å². The molecule has 0 amide bonds. The molecule has 136 valence electrons. The Morgan fingerprint density at radius 1 is 0.536 bits per heavy atom. The zero-order valence-electron chi connectivity index (χ0n) is 15.1. The standard InChI is InChI=1S/C22H14N2O4/c1-11-3-9-17(25-11)21-23-15-7-5-14-13(19(15)27-21)6-8-16-20(14)28-22(24-16)18-10-4-12(2)26-18/h3-10H,1-2H3. The minimum absolute atomic E-state index is 0.458. The largest absolute Gasteiger partial charge is 0.456 e. The third-order valence-electron chi connectivity index (χ3n) is 4.80. The zero-order valence-corrected chi connectivity index (χ0v) is 15.1. The van der Waals surface area contributed by atoms with E-state index in [1.807, 2.05) is 62.4 Å². The average molecular weight is 370 g/mol. The molecule has 0 saturated heterocycles. The van der Waals surface area contributed by atoms with Gasteiger partial charge in [0.15, 0.2) is 22.7 Å². The second kappa shape index (κ2) is 5.36. The topological polar surface area (TPSA) is 78.3 Å². The van der Waals surface area contributed by atoms with Crippen LogP contribution in [0.15, 0.2) is 66.2 Å². The molecule has 0 N–H and O–H groups in total. The van der Waals surface area contributed by atoms with Gasteiger partial charge in [-0.05, 0) is 62.4 Å². The number of fused-ring (bicyclic) bond motifs is 5. The molecule has 0 saturated carbocycles. The lowest BCUT2D eigenvalue weighted by atomic mass is 10.1. The molecule has 0 unspecified atom stereocenters. The van der Waals surface area contributed by atoms with Crippen molar-refractivity contribution in [2.75, 3.05) is 0 Å². The van der Waals surface area contributed by atoms with Crippen LogP contribution in [0.5, 0.6) is 0 Å². The van der Waals surface area contributed by atoms with E-state index in [-0.39, 0.29) is 0 Å². The molecule has 0 aliphatic heterocycles. The Bertz CT molecular complexity index is 1380. The maximum absolute atomic E-state index is 6.04. The number of oxazole rings is 2. The van der Waals surface area contributed by atoms with Crippen LogP contribution in [0.4, 0.5) is 0 Å². The molecule has 0 radical (unpaired) electrons. The third-order valence-corrected chi connectivity index (χ3v) is 4.80. The van der Waals surface area contributed by atoms with Gasteiger partial charge >= 0.3 is 0 Å². The van der Waals surface area contributed by atoms with Crippen molar-refractivity contribution in [3.05, 3.63) is 60.1 Å². The molecular weight excluding hydrogens is 356 g/mol. The number of hydrogen-bond acceptors (Lipinski definition) is 6. The van der Waals surface area contributed by atoms with Crippen molar-refractivity contribution in [1.82, 2.24) is 9.97 Å². The van der Waals surface area contributed by atoms with Crippen LogP contribution in [-0.4, -0.2) is 9.97 Å². The molecule has 0 aliphatic carbocycles. The highest BCUT2D eigenvalue weighted by Crippen LogP contribution is 2.36. The molecular formula is C22H14N2O4. The van der Waals surface area contributed by atoms with Crippen LogP contribution in [0.1, 0.15) is 11.5 Å². The van der Waals surface area contributed by atoms with Crippen LogP contribution in [-0.2, 0) is 0 Å². The number of aryl methyl sites for hydroxylation is 2. The van der Waals surface area contributed by atoms with Crippen molar-refractivity contribution in [3.63, 3.8) is 0 Å². The lowest BCUT2D eigenvalue weighted by molar-refractivity contribution is 0.514. The summed E-state index contributed by atoms with van der Waals surface area (Å²) in [4.78, 5) is 9.12. The number of benzene rings is 2. The molecule has 28 heavy (non-hydrogen) atoms.